The Balaban J connectivity index is 1.64. The molecule has 2 saturated heterocycles. The number of rotatable bonds is 3. The summed E-state index contributed by atoms with van der Waals surface area (Å²) in [5, 5.41) is 0.0633. The average Bonchev–Trinajstić information content (AvgIpc) is 2.62. The summed E-state index contributed by atoms with van der Waals surface area (Å²) in [7, 11) is -3.46. The number of carbonyl (C=O) groups excluding carboxylic acids is 1. The minimum atomic E-state index is -3.46. The predicted molar refractivity (Wildman–Crippen MR) is 93.2 cm³/mol. The molecule has 1 amide bonds. The average molecular weight is 390 g/mol. The maximum Gasteiger partial charge on any atom is 0.282 e. The van der Waals surface area contributed by atoms with Crippen LogP contribution in [-0.4, -0.2) is 67.1 Å². The van der Waals surface area contributed by atoms with E-state index >= 15 is 0 Å². The van der Waals surface area contributed by atoms with Gasteiger partial charge in [-0.25, -0.2) is 4.39 Å². The SMILES string of the molecule is O=C(c1ccc(F)cc1Cl)N1CCN(S(=O)(=O)N2CCCCC2)CC1. The Morgan fingerprint density at radius 2 is 1.56 bits per heavy atom. The molecule has 0 spiro atoms. The maximum absolute atomic E-state index is 13.1. The van der Waals surface area contributed by atoms with E-state index in [1.54, 1.807) is 4.90 Å². The summed E-state index contributed by atoms with van der Waals surface area (Å²) in [5.41, 5.74) is 0.232. The Bertz CT molecular complexity index is 745. The van der Waals surface area contributed by atoms with Crippen LogP contribution < -0.4 is 0 Å². The van der Waals surface area contributed by atoms with Gasteiger partial charge in [0, 0.05) is 39.3 Å². The lowest BCUT2D eigenvalue weighted by Gasteiger charge is -2.37. The van der Waals surface area contributed by atoms with Crippen LogP contribution in [0, 0.1) is 5.82 Å². The molecular formula is C16H21ClFN3O3S. The van der Waals surface area contributed by atoms with Gasteiger partial charge in [0.2, 0.25) is 0 Å². The highest BCUT2D eigenvalue weighted by Crippen LogP contribution is 2.22. The Labute approximate surface area is 152 Å². The Kier molecular flexibility index (Phi) is 5.62. The van der Waals surface area contributed by atoms with Gasteiger partial charge in [-0.15, -0.1) is 0 Å². The Morgan fingerprint density at radius 3 is 2.16 bits per heavy atom. The highest BCUT2D eigenvalue weighted by atomic mass is 35.5. The van der Waals surface area contributed by atoms with Crippen molar-refractivity contribution in [2.24, 2.45) is 0 Å². The molecule has 138 valence electrons. The number of piperazine rings is 1. The number of hydrogen-bond acceptors (Lipinski definition) is 3. The maximum atomic E-state index is 13.1. The molecule has 1 aromatic carbocycles. The van der Waals surface area contributed by atoms with Crippen molar-refractivity contribution in [1.82, 2.24) is 13.5 Å². The van der Waals surface area contributed by atoms with E-state index in [1.807, 2.05) is 0 Å². The van der Waals surface area contributed by atoms with Crippen LogP contribution in [0.15, 0.2) is 18.2 Å². The Morgan fingerprint density at radius 1 is 0.960 bits per heavy atom. The first-order valence-corrected chi connectivity index (χ1v) is 10.2. The zero-order chi connectivity index (χ0) is 18.0. The molecular weight excluding hydrogens is 369 g/mol. The monoisotopic (exact) mass is 389 g/mol. The standard InChI is InChI=1S/C16H21ClFN3O3S/c17-15-12-13(18)4-5-14(15)16(22)19-8-10-21(11-9-19)25(23,24)20-6-2-1-3-7-20/h4-5,12H,1-3,6-11H2. The topological polar surface area (TPSA) is 60.9 Å². The van der Waals surface area contributed by atoms with E-state index in [0.717, 1.165) is 25.3 Å². The van der Waals surface area contributed by atoms with Crippen LogP contribution in [0.25, 0.3) is 0 Å². The van der Waals surface area contributed by atoms with Gasteiger partial charge in [0.15, 0.2) is 0 Å². The van der Waals surface area contributed by atoms with Crippen molar-refractivity contribution < 1.29 is 17.6 Å². The summed E-state index contributed by atoms with van der Waals surface area (Å²) in [4.78, 5) is 14.1. The first-order valence-electron chi connectivity index (χ1n) is 8.39. The van der Waals surface area contributed by atoms with Crippen molar-refractivity contribution in [3.8, 4) is 0 Å². The summed E-state index contributed by atoms with van der Waals surface area (Å²) in [6, 6.07) is 3.65. The second-order valence-electron chi connectivity index (χ2n) is 6.28. The van der Waals surface area contributed by atoms with Gasteiger partial charge < -0.3 is 4.90 Å². The fraction of sp³-hybridized carbons (Fsp3) is 0.562. The van der Waals surface area contributed by atoms with Gasteiger partial charge >= 0.3 is 0 Å². The molecule has 25 heavy (non-hydrogen) atoms. The molecule has 6 nitrogen and oxygen atoms in total. The summed E-state index contributed by atoms with van der Waals surface area (Å²) >= 11 is 5.95. The van der Waals surface area contributed by atoms with E-state index in [-0.39, 0.29) is 29.6 Å². The molecule has 0 atom stereocenters. The fourth-order valence-electron chi connectivity index (χ4n) is 3.21. The number of halogens is 2. The van der Waals surface area contributed by atoms with Crippen LogP contribution in [0.1, 0.15) is 29.6 Å². The van der Waals surface area contributed by atoms with Crippen LogP contribution in [0.4, 0.5) is 4.39 Å². The van der Waals surface area contributed by atoms with E-state index < -0.39 is 16.0 Å². The van der Waals surface area contributed by atoms with E-state index in [2.05, 4.69) is 0 Å². The molecule has 0 saturated carbocycles. The molecule has 2 fully saturated rings. The zero-order valence-electron chi connectivity index (χ0n) is 13.8. The van der Waals surface area contributed by atoms with E-state index in [9.17, 15) is 17.6 Å². The second-order valence-corrected chi connectivity index (χ2v) is 8.62. The molecule has 0 aromatic heterocycles. The largest absolute Gasteiger partial charge is 0.336 e. The lowest BCUT2D eigenvalue weighted by atomic mass is 10.2. The van der Waals surface area contributed by atoms with Gasteiger partial charge in [-0.1, -0.05) is 18.0 Å². The van der Waals surface area contributed by atoms with Crippen molar-refractivity contribution in [2.45, 2.75) is 19.3 Å². The van der Waals surface area contributed by atoms with Crippen molar-refractivity contribution in [1.29, 1.82) is 0 Å². The number of nitrogens with zero attached hydrogens (tertiary/aromatic N) is 3. The highest BCUT2D eigenvalue weighted by Gasteiger charge is 2.34. The molecule has 0 unspecified atom stereocenters. The molecule has 0 bridgehead atoms. The number of hydrogen-bond donors (Lipinski definition) is 0. The lowest BCUT2D eigenvalue weighted by molar-refractivity contribution is 0.0693. The van der Waals surface area contributed by atoms with E-state index in [0.29, 0.717) is 26.2 Å². The van der Waals surface area contributed by atoms with Crippen molar-refractivity contribution in [3.63, 3.8) is 0 Å². The molecule has 9 heteroatoms. The quantitative estimate of drug-likeness (QED) is 0.794. The molecule has 0 aliphatic carbocycles. The number of benzene rings is 1. The van der Waals surface area contributed by atoms with Gasteiger partial charge in [0.1, 0.15) is 5.82 Å². The van der Waals surface area contributed by atoms with E-state index in [4.69, 9.17) is 11.6 Å². The van der Waals surface area contributed by atoms with Gasteiger partial charge in [-0.3, -0.25) is 4.79 Å². The van der Waals surface area contributed by atoms with Crippen LogP contribution in [0.2, 0.25) is 5.02 Å². The van der Waals surface area contributed by atoms with Gasteiger partial charge in [0.05, 0.1) is 10.6 Å². The minimum absolute atomic E-state index is 0.0633. The van der Waals surface area contributed by atoms with Crippen molar-refractivity contribution >= 4 is 27.7 Å². The van der Waals surface area contributed by atoms with Gasteiger partial charge in [-0.2, -0.15) is 17.0 Å². The molecule has 0 N–H and O–H groups in total. The first-order chi connectivity index (χ1) is 11.9. The lowest BCUT2D eigenvalue weighted by Crippen LogP contribution is -2.54. The van der Waals surface area contributed by atoms with Gasteiger partial charge in [-0.05, 0) is 31.0 Å². The molecule has 1 aromatic rings. The summed E-state index contributed by atoms with van der Waals surface area (Å²) < 4.78 is 41.4. The smallest absolute Gasteiger partial charge is 0.282 e. The van der Waals surface area contributed by atoms with Crippen LogP contribution in [0.3, 0.4) is 0 Å². The molecule has 2 heterocycles. The van der Waals surface area contributed by atoms with Crippen LogP contribution >= 0.6 is 11.6 Å². The van der Waals surface area contributed by atoms with Crippen LogP contribution in [0.5, 0.6) is 0 Å². The summed E-state index contributed by atoms with van der Waals surface area (Å²) in [6.07, 6.45) is 2.84. The van der Waals surface area contributed by atoms with Crippen molar-refractivity contribution in [2.75, 3.05) is 39.3 Å². The third-order valence-corrected chi connectivity index (χ3v) is 7.00. The molecule has 3 rings (SSSR count). The molecule has 2 aliphatic heterocycles. The zero-order valence-corrected chi connectivity index (χ0v) is 15.4. The minimum Gasteiger partial charge on any atom is -0.336 e. The fourth-order valence-corrected chi connectivity index (χ4v) is 5.13. The van der Waals surface area contributed by atoms with Crippen molar-refractivity contribution in [3.05, 3.63) is 34.6 Å². The summed E-state index contributed by atoms with van der Waals surface area (Å²) in [6.45, 7) is 2.21. The van der Waals surface area contributed by atoms with Gasteiger partial charge in [0.25, 0.3) is 16.1 Å². The number of carbonyl (C=O) groups is 1. The van der Waals surface area contributed by atoms with E-state index in [1.165, 1.54) is 20.7 Å². The third-order valence-electron chi connectivity index (χ3n) is 4.65. The molecule has 0 radical (unpaired) electrons. The third kappa shape index (κ3) is 3.97. The molecule has 2 aliphatic rings. The first kappa shape index (κ1) is 18.6. The Hall–Kier alpha value is -1.22. The predicted octanol–water partition coefficient (Wildman–Crippen LogP) is 1.97. The number of piperidine rings is 1. The van der Waals surface area contributed by atoms with Crippen LogP contribution in [-0.2, 0) is 10.2 Å². The number of amides is 1. The summed E-state index contributed by atoms with van der Waals surface area (Å²) in [5.74, 6) is -0.806. The second kappa shape index (κ2) is 7.57. The normalized spacial score (nSPS) is 20.6. The highest BCUT2D eigenvalue weighted by molar-refractivity contribution is 7.86.